The van der Waals surface area contributed by atoms with Crippen LogP contribution >= 0.6 is 11.6 Å². The number of nitrogens with one attached hydrogen (secondary N) is 1. The summed E-state index contributed by atoms with van der Waals surface area (Å²) in [6.45, 7) is 4.87. The Labute approximate surface area is 191 Å². The molecule has 3 heterocycles. The lowest BCUT2D eigenvalue weighted by Crippen LogP contribution is -2.49. The van der Waals surface area contributed by atoms with E-state index in [0.29, 0.717) is 30.0 Å². The standard InChI is InChI=1S/C22H25ClN8O/c1-13(27-22-26-12-25-21(24)29-22)16-11-15-3-2-4-17(23)18(15)28-19(16)30-7-9-31(10-8-30)20(32)14-5-6-14/h2-4,11-14H,5-10H2,1H3,(H3,24,25,26,27,29)/t13-/m0/s1. The fourth-order valence-electron chi connectivity index (χ4n) is 4.12. The van der Waals surface area contributed by atoms with Crippen molar-refractivity contribution in [3.8, 4) is 0 Å². The molecule has 1 saturated heterocycles. The molecule has 3 N–H and O–H groups in total. The monoisotopic (exact) mass is 452 g/mol. The van der Waals surface area contributed by atoms with E-state index in [2.05, 4.69) is 31.2 Å². The van der Waals surface area contributed by atoms with Gasteiger partial charge in [-0.3, -0.25) is 4.79 Å². The molecule has 1 saturated carbocycles. The highest BCUT2D eigenvalue weighted by Gasteiger charge is 2.35. The number of para-hydroxylation sites is 1. The number of benzene rings is 1. The largest absolute Gasteiger partial charge is 0.368 e. The van der Waals surface area contributed by atoms with Crippen LogP contribution in [0.25, 0.3) is 10.9 Å². The van der Waals surface area contributed by atoms with Gasteiger partial charge in [0.25, 0.3) is 0 Å². The van der Waals surface area contributed by atoms with Gasteiger partial charge in [-0.05, 0) is 31.9 Å². The van der Waals surface area contributed by atoms with Gasteiger partial charge in [0.15, 0.2) is 0 Å². The molecule has 1 atom stereocenters. The molecule has 0 radical (unpaired) electrons. The first-order valence-electron chi connectivity index (χ1n) is 10.8. The number of nitrogens with zero attached hydrogens (tertiary/aromatic N) is 6. The van der Waals surface area contributed by atoms with E-state index < -0.39 is 0 Å². The smallest absolute Gasteiger partial charge is 0.227 e. The second kappa shape index (κ2) is 8.38. The zero-order valence-corrected chi connectivity index (χ0v) is 18.6. The van der Waals surface area contributed by atoms with Crippen molar-refractivity contribution < 1.29 is 4.79 Å². The van der Waals surface area contributed by atoms with Crippen LogP contribution in [0.2, 0.25) is 5.02 Å². The minimum absolute atomic E-state index is 0.145. The van der Waals surface area contributed by atoms with Crippen molar-refractivity contribution in [3.63, 3.8) is 0 Å². The quantitative estimate of drug-likeness (QED) is 0.607. The number of nitrogens with two attached hydrogens (primary N) is 1. The van der Waals surface area contributed by atoms with E-state index in [4.69, 9.17) is 22.3 Å². The molecule has 166 valence electrons. The van der Waals surface area contributed by atoms with E-state index in [1.54, 1.807) is 0 Å². The molecule has 0 unspecified atom stereocenters. The lowest BCUT2D eigenvalue weighted by atomic mass is 10.0. The number of amides is 1. The molecule has 10 heteroatoms. The van der Waals surface area contributed by atoms with E-state index in [-0.39, 0.29) is 17.9 Å². The molecule has 1 amide bonds. The summed E-state index contributed by atoms with van der Waals surface area (Å²) in [6, 6.07) is 7.73. The highest BCUT2D eigenvalue weighted by atomic mass is 35.5. The van der Waals surface area contributed by atoms with Crippen molar-refractivity contribution >= 4 is 46.1 Å². The minimum atomic E-state index is -0.145. The van der Waals surface area contributed by atoms with Gasteiger partial charge in [-0.25, -0.2) is 15.0 Å². The van der Waals surface area contributed by atoms with Gasteiger partial charge in [0.2, 0.25) is 17.8 Å². The molecule has 2 fully saturated rings. The van der Waals surface area contributed by atoms with Crippen LogP contribution < -0.4 is 16.0 Å². The third-order valence-corrected chi connectivity index (χ3v) is 6.33. The molecular formula is C22H25ClN8O. The first-order chi connectivity index (χ1) is 15.5. The van der Waals surface area contributed by atoms with Crippen LogP contribution in [0.1, 0.15) is 31.4 Å². The van der Waals surface area contributed by atoms with Gasteiger partial charge in [0.05, 0.1) is 16.6 Å². The van der Waals surface area contributed by atoms with Crippen molar-refractivity contribution in [1.82, 2.24) is 24.8 Å². The van der Waals surface area contributed by atoms with Gasteiger partial charge in [-0.1, -0.05) is 23.7 Å². The predicted molar refractivity (Wildman–Crippen MR) is 125 cm³/mol. The number of hydrogen-bond acceptors (Lipinski definition) is 8. The Kier molecular flexibility index (Phi) is 5.42. The number of halogens is 1. The maximum Gasteiger partial charge on any atom is 0.227 e. The lowest BCUT2D eigenvalue weighted by Gasteiger charge is -2.37. The second-order valence-corrected chi connectivity index (χ2v) is 8.74. The number of aromatic nitrogens is 4. The van der Waals surface area contributed by atoms with Gasteiger partial charge in [-0.15, -0.1) is 0 Å². The van der Waals surface area contributed by atoms with Crippen molar-refractivity contribution in [2.75, 3.05) is 42.1 Å². The van der Waals surface area contributed by atoms with Crippen LogP contribution in [0.15, 0.2) is 30.6 Å². The van der Waals surface area contributed by atoms with Crippen LogP contribution in [0.5, 0.6) is 0 Å². The van der Waals surface area contributed by atoms with Crippen LogP contribution in [0.3, 0.4) is 0 Å². The number of piperazine rings is 1. The first kappa shape index (κ1) is 20.7. The Hall–Kier alpha value is -3.20. The van der Waals surface area contributed by atoms with E-state index in [0.717, 1.165) is 48.2 Å². The average molecular weight is 453 g/mol. The summed E-state index contributed by atoms with van der Waals surface area (Å²) in [5, 5.41) is 4.88. The zero-order chi connectivity index (χ0) is 22.2. The summed E-state index contributed by atoms with van der Waals surface area (Å²) >= 11 is 6.46. The summed E-state index contributed by atoms with van der Waals surface area (Å²) in [7, 11) is 0. The topological polar surface area (TPSA) is 113 Å². The van der Waals surface area contributed by atoms with Crippen LogP contribution in [-0.4, -0.2) is 56.9 Å². The molecular weight excluding hydrogens is 428 g/mol. The Bertz CT molecular complexity index is 1160. The fourth-order valence-corrected chi connectivity index (χ4v) is 4.34. The predicted octanol–water partition coefficient (Wildman–Crippen LogP) is 2.89. The van der Waals surface area contributed by atoms with Crippen LogP contribution in [0.4, 0.5) is 17.7 Å². The van der Waals surface area contributed by atoms with Gasteiger partial charge in [0.1, 0.15) is 12.1 Å². The third-order valence-electron chi connectivity index (χ3n) is 6.02. The van der Waals surface area contributed by atoms with E-state index in [1.165, 1.54) is 6.33 Å². The van der Waals surface area contributed by atoms with E-state index in [9.17, 15) is 4.79 Å². The molecule has 1 aliphatic carbocycles. The number of rotatable bonds is 5. The first-order valence-corrected chi connectivity index (χ1v) is 11.2. The average Bonchev–Trinajstić information content (AvgIpc) is 3.64. The van der Waals surface area contributed by atoms with Gasteiger partial charge in [-0.2, -0.15) is 4.98 Å². The summed E-state index contributed by atoms with van der Waals surface area (Å²) in [4.78, 5) is 33.8. The normalized spacial score (nSPS) is 17.4. The molecule has 1 aliphatic heterocycles. The number of fused-ring (bicyclic) bond motifs is 1. The van der Waals surface area contributed by atoms with Crippen LogP contribution in [0, 0.1) is 5.92 Å². The lowest BCUT2D eigenvalue weighted by molar-refractivity contribution is -0.132. The van der Waals surface area contributed by atoms with Crippen molar-refractivity contribution in [3.05, 3.63) is 41.2 Å². The van der Waals surface area contributed by atoms with Gasteiger partial charge >= 0.3 is 0 Å². The summed E-state index contributed by atoms with van der Waals surface area (Å²) in [6.07, 6.45) is 3.43. The number of anilines is 3. The Balaban J connectivity index is 1.46. The molecule has 0 spiro atoms. The van der Waals surface area contributed by atoms with E-state index >= 15 is 0 Å². The Morgan fingerprint density at radius 1 is 1.19 bits per heavy atom. The Morgan fingerprint density at radius 2 is 1.97 bits per heavy atom. The number of hydrogen-bond donors (Lipinski definition) is 2. The SMILES string of the molecule is C[C@H](Nc1ncnc(N)n1)c1cc2cccc(Cl)c2nc1N1CCN(C(=O)C2CC2)CC1. The van der Waals surface area contributed by atoms with Crippen molar-refractivity contribution in [2.45, 2.75) is 25.8 Å². The maximum absolute atomic E-state index is 12.5. The number of carbonyl (C=O) groups excluding carboxylic acids is 1. The van der Waals surface area contributed by atoms with Crippen molar-refractivity contribution in [1.29, 1.82) is 0 Å². The van der Waals surface area contributed by atoms with Crippen LogP contribution in [-0.2, 0) is 4.79 Å². The summed E-state index contributed by atoms with van der Waals surface area (Å²) in [5.74, 6) is 1.96. The molecule has 32 heavy (non-hydrogen) atoms. The molecule has 2 aromatic heterocycles. The number of nitrogen functional groups attached to an aromatic ring is 1. The summed E-state index contributed by atoms with van der Waals surface area (Å²) < 4.78 is 0. The summed E-state index contributed by atoms with van der Waals surface area (Å²) in [5.41, 5.74) is 7.47. The number of pyridine rings is 1. The highest BCUT2D eigenvalue weighted by Crippen LogP contribution is 2.34. The maximum atomic E-state index is 12.5. The Morgan fingerprint density at radius 3 is 2.69 bits per heavy atom. The van der Waals surface area contributed by atoms with Crippen molar-refractivity contribution in [2.24, 2.45) is 5.92 Å². The van der Waals surface area contributed by atoms with E-state index in [1.807, 2.05) is 30.0 Å². The minimum Gasteiger partial charge on any atom is -0.368 e. The fraction of sp³-hybridized carbons (Fsp3) is 0.409. The third kappa shape index (κ3) is 4.12. The second-order valence-electron chi connectivity index (χ2n) is 8.33. The van der Waals surface area contributed by atoms with Gasteiger partial charge < -0.3 is 20.9 Å². The molecule has 9 nitrogen and oxygen atoms in total. The highest BCUT2D eigenvalue weighted by molar-refractivity contribution is 6.35. The van der Waals surface area contributed by atoms with Gasteiger partial charge in [0, 0.05) is 43.0 Å². The molecule has 3 aromatic rings. The molecule has 1 aromatic carbocycles. The molecule has 2 aliphatic rings. The molecule has 0 bridgehead atoms. The number of carbonyl (C=O) groups is 1. The zero-order valence-electron chi connectivity index (χ0n) is 17.8. The molecule has 5 rings (SSSR count).